The van der Waals surface area contributed by atoms with Crippen LogP contribution < -0.4 is 0 Å². The van der Waals surface area contributed by atoms with Crippen molar-refractivity contribution in [1.82, 2.24) is 0 Å². The summed E-state index contributed by atoms with van der Waals surface area (Å²) < 4.78 is 16.7. The molecule has 0 N–H and O–H groups in total. The maximum absolute atomic E-state index is 11.8. The van der Waals surface area contributed by atoms with Crippen LogP contribution in [0.2, 0.25) is 0 Å². The zero-order chi connectivity index (χ0) is 16.1. The van der Waals surface area contributed by atoms with Gasteiger partial charge in [-0.1, -0.05) is 13.2 Å². The summed E-state index contributed by atoms with van der Waals surface area (Å²) >= 11 is 0. The second kappa shape index (κ2) is 5.23. The largest absolute Gasteiger partial charge is 0.458 e. The first-order valence-corrected chi connectivity index (χ1v) is 7.72. The fourth-order valence-electron chi connectivity index (χ4n) is 3.54. The van der Waals surface area contributed by atoms with Crippen molar-refractivity contribution in [3.8, 4) is 0 Å². The van der Waals surface area contributed by atoms with E-state index >= 15 is 0 Å². The molecule has 3 fully saturated rings. The molecule has 0 unspecified atom stereocenters. The fourth-order valence-corrected chi connectivity index (χ4v) is 3.54. The summed E-state index contributed by atoms with van der Waals surface area (Å²) in [5.41, 5.74) is 1.09. The topological polar surface area (TPSA) is 65.1 Å². The molecule has 1 saturated carbocycles. The summed E-state index contributed by atoms with van der Waals surface area (Å²) in [4.78, 5) is 23.1. The van der Waals surface area contributed by atoms with Crippen LogP contribution in [0.5, 0.6) is 0 Å². The van der Waals surface area contributed by atoms with E-state index in [2.05, 4.69) is 20.1 Å². The Kier molecular flexibility index (Phi) is 3.63. The molecule has 1 aliphatic carbocycles. The Morgan fingerprint density at radius 1 is 1.41 bits per heavy atom. The van der Waals surface area contributed by atoms with Crippen LogP contribution in [0, 0.1) is 5.92 Å². The molecule has 0 amide bonds. The highest BCUT2D eigenvalue weighted by atomic mass is 16.6. The van der Waals surface area contributed by atoms with Crippen molar-refractivity contribution in [2.45, 2.75) is 63.4 Å². The summed E-state index contributed by atoms with van der Waals surface area (Å²) in [7, 11) is 0. The molecule has 0 aromatic rings. The number of ether oxygens (including phenoxy) is 3. The molecule has 0 bridgehead atoms. The molecule has 0 spiro atoms. The quantitative estimate of drug-likeness (QED) is 0.322. The van der Waals surface area contributed by atoms with E-state index in [4.69, 9.17) is 14.2 Å². The van der Waals surface area contributed by atoms with Gasteiger partial charge in [0.15, 0.2) is 0 Å². The van der Waals surface area contributed by atoms with Gasteiger partial charge < -0.3 is 14.2 Å². The van der Waals surface area contributed by atoms with Gasteiger partial charge in [-0.25, -0.2) is 4.79 Å². The highest BCUT2D eigenvalue weighted by molar-refractivity contribution is 5.90. The van der Waals surface area contributed by atoms with Crippen molar-refractivity contribution in [3.05, 3.63) is 24.3 Å². The summed E-state index contributed by atoms with van der Waals surface area (Å²) in [6.45, 7) is 11.4. The van der Waals surface area contributed by atoms with Gasteiger partial charge in [0.2, 0.25) is 0 Å². The molecular weight excluding hydrogens is 284 g/mol. The molecule has 5 nitrogen and oxygen atoms in total. The molecule has 2 heterocycles. The molecule has 3 aliphatic rings. The van der Waals surface area contributed by atoms with Gasteiger partial charge in [0.25, 0.3) is 0 Å². The highest BCUT2D eigenvalue weighted by Gasteiger charge is 2.55. The van der Waals surface area contributed by atoms with Crippen LogP contribution in [-0.4, -0.2) is 35.9 Å². The second-order valence-corrected chi connectivity index (χ2v) is 6.73. The van der Waals surface area contributed by atoms with E-state index < -0.39 is 0 Å². The van der Waals surface area contributed by atoms with Crippen LogP contribution in [-0.2, 0) is 23.8 Å². The van der Waals surface area contributed by atoms with E-state index in [0.29, 0.717) is 18.4 Å². The maximum Gasteiger partial charge on any atom is 0.334 e. The molecule has 2 saturated heterocycles. The Balaban J connectivity index is 1.83. The van der Waals surface area contributed by atoms with E-state index in [1.807, 2.05) is 0 Å². The molecule has 0 aromatic heterocycles. The first-order chi connectivity index (χ1) is 10.3. The molecule has 22 heavy (non-hydrogen) atoms. The monoisotopic (exact) mass is 306 g/mol. The minimum Gasteiger partial charge on any atom is -0.458 e. The Labute approximate surface area is 130 Å². The first kappa shape index (κ1) is 15.3. The van der Waals surface area contributed by atoms with E-state index in [1.165, 1.54) is 6.92 Å². The van der Waals surface area contributed by atoms with Crippen molar-refractivity contribution in [2.75, 3.05) is 0 Å². The Hall–Kier alpha value is -1.62. The van der Waals surface area contributed by atoms with E-state index in [0.717, 1.165) is 18.4 Å². The second-order valence-electron chi connectivity index (χ2n) is 6.73. The van der Waals surface area contributed by atoms with Gasteiger partial charge in [0.05, 0.1) is 11.7 Å². The molecule has 5 heteroatoms. The number of epoxide rings is 1. The van der Waals surface area contributed by atoms with Gasteiger partial charge in [0.1, 0.15) is 12.2 Å². The number of carbonyl (C=O) groups excluding carboxylic acids is 2. The zero-order valence-electron chi connectivity index (χ0n) is 13.1. The van der Waals surface area contributed by atoms with E-state index in [-0.39, 0.29) is 41.8 Å². The molecule has 5 atom stereocenters. The first-order valence-electron chi connectivity index (χ1n) is 7.72. The standard InChI is InChI=1S/C17H22O5/c1-9-7-14-12(10(2)16(19)21-14)8-15-17(4,22-15)6-5-13(9)20-11(3)18/h12-15H,1-2,5-8H2,3-4H3/t12-,13-,14+,15-,17+/m1/s1. The number of esters is 2. The summed E-state index contributed by atoms with van der Waals surface area (Å²) in [6, 6.07) is 0. The molecule has 0 aromatic carbocycles. The van der Waals surface area contributed by atoms with Crippen molar-refractivity contribution >= 4 is 11.9 Å². The molecule has 120 valence electrons. The van der Waals surface area contributed by atoms with E-state index in [1.54, 1.807) is 0 Å². The predicted octanol–water partition coefficient (Wildman–Crippen LogP) is 2.30. The van der Waals surface area contributed by atoms with Crippen LogP contribution in [0.25, 0.3) is 0 Å². The van der Waals surface area contributed by atoms with Crippen LogP contribution in [0.15, 0.2) is 24.3 Å². The maximum atomic E-state index is 11.8. The lowest BCUT2D eigenvalue weighted by atomic mass is 9.82. The summed E-state index contributed by atoms with van der Waals surface area (Å²) in [6.07, 6.45) is 2.19. The number of hydrogen-bond acceptors (Lipinski definition) is 5. The van der Waals surface area contributed by atoms with Gasteiger partial charge in [0, 0.05) is 24.8 Å². The Morgan fingerprint density at radius 2 is 2.14 bits per heavy atom. The average Bonchev–Trinajstić information content (AvgIpc) is 3.00. The predicted molar refractivity (Wildman–Crippen MR) is 79.0 cm³/mol. The van der Waals surface area contributed by atoms with Crippen LogP contribution >= 0.6 is 0 Å². The smallest absolute Gasteiger partial charge is 0.334 e. The Bertz CT molecular complexity index is 551. The van der Waals surface area contributed by atoms with Gasteiger partial charge in [-0.15, -0.1) is 0 Å². The highest BCUT2D eigenvalue weighted by Crippen LogP contribution is 2.48. The number of rotatable bonds is 1. The number of hydrogen-bond donors (Lipinski definition) is 0. The zero-order valence-corrected chi connectivity index (χ0v) is 13.1. The summed E-state index contributed by atoms with van der Waals surface area (Å²) in [5, 5.41) is 0. The van der Waals surface area contributed by atoms with Gasteiger partial charge in [-0.3, -0.25) is 4.79 Å². The summed E-state index contributed by atoms with van der Waals surface area (Å²) in [5.74, 6) is -0.716. The minimum absolute atomic E-state index is 0.0489. The van der Waals surface area contributed by atoms with Crippen LogP contribution in [0.4, 0.5) is 0 Å². The SMILES string of the molecule is C=C1C(=O)O[C@H]2CC(=C)[C@H](OC(C)=O)CC[C@]3(C)O[C@@H]3C[C@H]12. The lowest BCUT2D eigenvalue weighted by Gasteiger charge is -2.26. The molecular formula is C17H22O5. The lowest BCUT2D eigenvalue weighted by molar-refractivity contribution is -0.146. The van der Waals surface area contributed by atoms with Crippen molar-refractivity contribution in [3.63, 3.8) is 0 Å². The molecule has 2 aliphatic heterocycles. The van der Waals surface area contributed by atoms with Gasteiger partial charge >= 0.3 is 11.9 Å². The van der Waals surface area contributed by atoms with Crippen molar-refractivity contribution in [2.24, 2.45) is 5.92 Å². The molecule has 0 radical (unpaired) electrons. The van der Waals surface area contributed by atoms with Gasteiger partial charge in [-0.2, -0.15) is 0 Å². The fraction of sp³-hybridized carbons (Fsp3) is 0.647. The third-order valence-corrected chi connectivity index (χ3v) is 5.05. The lowest BCUT2D eigenvalue weighted by Crippen LogP contribution is -2.29. The van der Waals surface area contributed by atoms with Crippen LogP contribution in [0.3, 0.4) is 0 Å². The van der Waals surface area contributed by atoms with Crippen molar-refractivity contribution < 1.29 is 23.8 Å². The Morgan fingerprint density at radius 3 is 2.82 bits per heavy atom. The van der Waals surface area contributed by atoms with Crippen molar-refractivity contribution in [1.29, 1.82) is 0 Å². The van der Waals surface area contributed by atoms with Crippen LogP contribution in [0.1, 0.15) is 39.5 Å². The van der Waals surface area contributed by atoms with Gasteiger partial charge in [-0.05, 0) is 31.8 Å². The number of fused-ring (bicyclic) bond motifs is 2. The average molecular weight is 306 g/mol. The third kappa shape index (κ3) is 2.70. The minimum atomic E-state index is -0.356. The van der Waals surface area contributed by atoms with E-state index in [9.17, 15) is 9.59 Å². The normalized spacial score (nSPS) is 41.3. The number of carbonyl (C=O) groups is 2. The third-order valence-electron chi connectivity index (χ3n) is 5.05. The molecule has 3 rings (SSSR count).